The van der Waals surface area contributed by atoms with E-state index in [2.05, 4.69) is 26.9 Å². The van der Waals surface area contributed by atoms with Gasteiger partial charge in [0.25, 0.3) is 0 Å². The Bertz CT molecular complexity index is 677. The molecule has 0 aliphatic heterocycles. The van der Waals surface area contributed by atoms with Crippen molar-refractivity contribution >= 4 is 36.0 Å². The lowest BCUT2D eigenvalue weighted by Gasteiger charge is -2.25. The van der Waals surface area contributed by atoms with E-state index >= 15 is 0 Å². The molecule has 9 heteroatoms. The number of nitrogens with zero attached hydrogens (tertiary/aromatic N) is 2. The van der Waals surface area contributed by atoms with Crippen molar-refractivity contribution < 1.29 is 14.3 Å². The number of guanidine groups is 1. The van der Waals surface area contributed by atoms with Gasteiger partial charge >= 0.3 is 6.09 Å². The first-order valence-electron chi connectivity index (χ1n) is 10.5. The van der Waals surface area contributed by atoms with Gasteiger partial charge in [-0.25, -0.2) is 4.79 Å². The molecule has 1 rings (SSSR count). The molecule has 0 saturated carbocycles. The molecule has 1 atom stereocenters. The lowest BCUT2D eigenvalue weighted by molar-refractivity contribution is 0.0527. The second-order valence-corrected chi connectivity index (χ2v) is 8.15. The fraction of sp³-hybridized carbons (Fsp3) is 0.636. The van der Waals surface area contributed by atoms with Crippen LogP contribution in [0.25, 0.3) is 0 Å². The topological polar surface area (TPSA) is 87.2 Å². The number of methoxy groups -OCH3 is 1. The number of halogens is 1. The number of ether oxygens (including phenoxy) is 2. The summed E-state index contributed by atoms with van der Waals surface area (Å²) in [4.78, 5) is 18.6. The highest BCUT2D eigenvalue weighted by atomic mass is 127. The second-order valence-electron chi connectivity index (χ2n) is 8.15. The standard InChI is InChI=1S/C22H39N5O3.HI/c1-8-23-20(24-14-11-15-25-21(28)30-22(2,3)4)26-16-18(27(5)6)17-12-9-10-13-19(17)29-7;/h9-10,12-13,18H,8,11,14-16H2,1-7H3,(H,25,28)(H2,23,24,26);1H. The van der Waals surface area contributed by atoms with E-state index in [4.69, 9.17) is 14.5 Å². The van der Waals surface area contributed by atoms with Crippen LogP contribution in [-0.4, -0.2) is 69.9 Å². The Morgan fingerprint density at radius 3 is 2.35 bits per heavy atom. The van der Waals surface area contributed by atoms with Gasteiger partial charge in [0.2, 0.25) is 0 Å². The van der Waals surface area contributed by atoms with Gasteiger partial charge in [-0.2, -0.15) is 0 Å². The Kier molecular flexibility index (Phi) is 14.3. The highest BCUT2D eigenvalue weighted by Crippen LogP contribution is 2.28. The molecule has 3 N–H and O–H groups in total. The van der Waals surface area contributed by atoms with Gasteiger partial charge in [-0.1, -0.05) is 18.2 Å². The first-order valence-corrected chi connectivity index (χ1v) is 10.5. The monoisotopic (exact) mass is 549 g/mol. The van der Waals surface area contributed by atoms with Gasteiger partial charge in [0.1, 0.15) is 11.4 Å². The lowest BCUT2D eigenvalue weighted by atomic mass is 10.0. The van der Waals surface area contributed by atoms with E-state index in [1.165, 1.54) is 0 Å². The van der Waals surface area contributed by atoms with Crippen molar-refractivity contribution in [3.63, 3.8) is 0 Å². The first kappa shape index (κ1) is 29.2. The van der Waals surface area contributed by atoms with Crippen LogP contribution in [0.4, 0.5) is 4.79 Å². The maximum atomic E-state index is 11.7. The van der Waals surface area contributed by atoms with Crippen molar-refractivity contribution in [2.45, 2.75) is 45.8 Å². The van der Waals surface area contributed by atoms with Crippen LogP contribution in [0, 0.1) is 0 Å². The number of rotatable bonds is 10. The molecule has 31 heavy (non-hydrogen) atoms. The summed E-state index contributed by atoms with van der Waals surface area (Å²) in [5, 5.41) is 9.34. The molecular weight excluding hydrogens is 509 g/mol. The van der Waals surface area contributed by atoms with Gasteiger partial charge in [-0.05, 0) is 54.3 Å². The van der Waals surface area contributed by atoms with Gasteiger partial charge in [0, 0.05) is 25.2 Å². The predicted molar refractivity (Wildman–Crippen MR) is 138 cm³/mol. The van der Waals surface area contributed by atoms with Crippen LogP contribution in [0.2, 0.25) is 0 Å². The van der Waals surface area contributed by atoms with Crippen LogP contribution in [-0.2, 0) is 4.74 Å². The van der Waals surface area contributed by atoms with Crippen molar-refractivity contribution in [2.24, 2.45) is 4.99 Å². The molecule has 1 amide bonds. The van der Waals surface area contributed by atoms with Crippen LogP contribution < -0.4 is 20.7 Å². The van der Waals surface area contributed by atoms with Gasteiger partial charge in [0.15, 0.2) is 5.96 Å². The van der Waals surface area contributed by atoms with Gasteiger partial charge in [0.05, 0.1) is 19.7 Å². The van der Waals surface area contributed by atoms with E-state index in [9.17, 15) is 4.79 Å². The SMILES string of the molecule is CCNC(=NCC(c1ccccc1OC)N(C)C)NCCCNC(=O)OC(C)(C)C.I. The zero-order valence-electron chi connectivity index (χ0n) is 19.9. The number of hydrogen-bond acceptors (Lipinski definition) is 5. The molecule has 178 valence electrons. The number of hydrogen-bond donors (Lipinski definition) is 3. The first-order chi connectivity index (χ1) is 14.2. The van der Waals surface area contributed by atoms with Crippen LogP contribution in [0.5, 0.6) is 5.75 Å². The highest BCUT2D eigenvalue weighted by Gasteiger charge is 2.18. The smallest absolute Gasteiger partial charge is 0.407 e. The summed E-state index contributed by atoms with van der Waals surface area (Å²) in [6.07, 6.45) is 0.363. The maximum Gasteiger partial charge on any atom is 0.407 e. The number of amides is 1. The maximum absolute atomic E-state index is 11.7. The fourth-order valence-electron chi connectivity index (χ4n) is 2.80. The molecule has 1 unspecified atom stereocenters. The molecule has 0 bridgehead atoms. The van der Waals surface area contributed by atoms with E-state index in [0.717, 1.165) is 30.2 Å². The minimum atomic E-state index is -0.488. The van der Waals surface area contributed by atoms with Gasteiger partial charge < -0.3 is 30.3 Å². The van der Waals surface area contributed by atoms with Crippen LogP contribution in [0.1, 0.15) is 45.7 Å². The molecule has 1 aromatic carbocycles. The van der Waals surface area contributed by atoms with Crippen molar-refractivity contribution in [1.29, 1.82) is 0 Å². The Hall–Kier alpha value is -1.75. The highest BCUT2D eigenvalue weighted by molar-refractivity contribution is 14.0. The summed E-state index contributed by atoms with van der Waals surface area (Å²) in [5.74, 6) is 1.61. The Labute approximate surface area is 204 Å². The molecule has 0 aromatic heterocycles. The van der Waals surface area contributed by atoms with Crippen molar-refractivity contribution in [3.8, 4) is 5.75 Å². The van der Waals surface area contributed by atoms with Crippen LogP contribution in [0.3, 0.4) is 0 Å². The number of alkyl carbamates (subject to hydrolysis) is 1. The average molecular weight is 549 g/mol. The number of nitrogens with one attached hydrogen (secondary N) is 3. The molecule has 0 heterocycles. The summed E-state index contributed by atoms with van der Waals surface area (Å²) in [6.45, 7) is 10.1. The van der Waals surface area contributed by atoms with Crippen molar-refractivity contribution in [3.05, 3.63) is 29.8 Å². The zero-order valence-corrected chi connectivity index (χ0v) is 22.3. The number of para-hydroxylation sites is 1. The lowest BCUT2D eigenvalue weighted by Crippen LogP contribution is -2.40. The summed E-state index contributed by atoms with van der Waals surface area (Å²) in [7, 11) is 5.76. The van der Waals surface area contributed by atoms with E-state index in [-0.39, 0.29) is 30.0 Å². The van der Waals surface area contributed by atoms with E-state index in [1.54, 1.807) is 7.11 Å². The third-order valence-corrected chi connectivity index (χ3v) is 4.20. The number of aliphatic imine (C=N–C) groups is 1. The van der Waals surface area contributed by atoms with E-state index < -0.39 is 11.7 Å². The molecular formula is C22H40IN5O3. The molecule has 0 aliphatic rings. The number of carbonyl (C=O) groups is 1. The Balaban J connectivity index is 0.00000900. The fourth-order valence-corrected chi connectivity index (χ4v) is 2.80. The van der Waals surface area contributed by atoms with Crippen LogP contribution >= 0.6 is 24.0 Å². The summed E-state index contributed by atoms with van der Waals surface area (Å²) >= 11 is 0. The van der Waals surface area contributed by atoms with Crippen molar-refractivity contribution in [2.75, 3.05) is 47.4 Å². The van der Waals surface area contributed by atoms with Gasteiger partial charge in [-0.15, -0.1) is 24.0 Å². The second kappa shape index (κ2) is 15.1. The molecule has 0 radical (unpaired) electrons. The molecule has 0 aliphatic carbocycles. The number of likely N-dealkylation sites (N-methyl/N-ethyl adjacent to an activating group) is 1. The minimum Gasteiger partial charge on any atom is -0.496 e. The predicted octanol–water partition coefficient (Wildman–Crippen LogP) is 3.39. The largest absolute Gasteiger partial charge is 0.496 e. The molecule has 1 aromatic rings. The number of benzene rings is 1. The molecule has 0 spiro atoms. The molecule has 0 saturated heterocycles. The zero-order chi connectivity index (χ0) is 22.6. The number of carbonyl (C=O) groups excluding carboxylic acids is 1. The Morgan fingerprint density at radius 1 is 1.13 bits per heavy atom. The summed E-state index contributed by atoms with van der Waals surface area (Å²) in [6, 6.07) is 8.11. The third kappa shape index (κ3) is 12.0. The summed E-state index contributed by atoms with van der Waals surface area (Å²) < 4.78 is 10.8. The average Bonchev–Trinajstić information content (AvgIpc) is 2.66. The van der Waals surface area contributed by atoms with Crippen molar-refractivity contribution in [1.82, 2.24) is 20.9 Å². The molecule has 8 nitrogen and oxygen atoms in total. The minimum absolute atomic E-state index is 0. The molecule has 0 fully saturated rings. The third-order valence-electron chi connectivity index (χ3n) is 4.20. The van der Waals surface area contributed by atoms with E-state index in [1.807, 2.05) is 60.0 Å². The summed E-state index contributed by atoms with van der Waals surface area (Å²) in [5.41, 5.74) is 0.614. The van der Waals surface area contributed by atoms with E-state index in [0.29, 0.717) is 19.6 Å². The Morgan fingerprint density at radius 2 is 1.77 bits per heavy atom. The van der Waals surface area contributed by atoms with Crippen LogP contribution in [0.15, 0.2) is 29.3 Å². The quantitative estimate of drug-likeness (QED) is 0.180. The normalized spacial score (nSPS) is 12.6. The van der Waals surface area contributed by atoms with Gasteiger partial charge in [-0.3, -0.25) is 4.99 Å².